The molecule has 1 N–H and O–H groups in total. The highest BCUT2D eigenvalue weighted by atomic mass is 35.5. The van der Waals surface area contributed by atoms with Gasteiger partial charge in [-0.15, -0.1) is 11.8 Å². The summed E-state index contributed by atoms with van der Waals surface area (Å²) < 4.78 is 0. The molecule has 0 fully saturated rings. The summed E-state index contributed by atoms with van der Waals surface area (Å²) in [6, 6.07) is 14.9. The fourth-order valence-electron chi connectivity index (χ4n) is 2.37. The summed E-state index contributed by atoms with van der Waals surface area (Å²) >= 11 is 7.38. The minimum absolute atomic E-state index is 0.0636. The highest BCUT2D eigenvalue weighted by molar-refractivity contribution is 7.99. The van der Waals surface area contributed by atoms with E-state index >= 15 is 0 Å². The number of hydrogen-bond donors (Lipinski definition) is 1. The summed E-state index contributed by atoms with van der Waals surface area (Å²) in [5.74, 6) is 0.820. The number of nitrogens with one attached hydrogen (secondary N) is 1. The predicted molar refractivity (Wildman–Crippen MR) is 95.0 cm³/mol. The first kappa shape index (κ1) is 15.9. The van der Waals surface area contributed by atoms with Crippen molar-refractivity contribution in [1.82, 2.24) is 0 Å². The van der Waals surface area contributed by atoms with Gasteiger partial charge in [0.1, 0.15) is 6.54 Å². The molecule has 0 saturated heterocycles. The smallest absolute Gasteiger partial charge is 0.244 e. The van der Waals surface area contributed by atoms with Crippen LogP contribution in [0.2, 0.25) is 5.02 Å². The van der Waals surface area contributed by atoms with Crippen molar-refractivity contribution in [1.29, 1.82) is 0 Å². The van der Waals surface area contributed by atoms with Gasteiger partial charge in [-0.1, -0.05) is 35.9 Å². The Kier molecular flexibility index (Phi) is 4.88. The molecule has 1 heterocycles. The van der Waals surface area contributed by atoms with Gasteiger partial charge >= 0.3 is 0 Å². The molecular weight excluding hydrogens is 332 g/mol. The Bertz CT molecular complexity index is 734. The number of hydrogen-bond acceptors (Lipinski definition) is 3. The van der Waals surface area contributed by atoms with Crippen LogP contribution >= 0.6 is 23.4 Å². The van der Waals surface area contributed by atoms with E-state index in [1.807, 2.05) is 42.5 Å². The molecule has 3 rings (SSSR count). The van der Waals surface area contributed by atoms with Gasteiger partial charge in [-0.3, -0.25) is 9.59 Å². The number of carbonyl (C=O) groups excluding carboxylic acids is 2. The Balaban J connectivity index is 1.62. The Morgan fingerprint density at radius 3 is 2.70 bits per heavy atom. The first-order valence-corrected chi connectivity index (χ1v) is 8.68. The molecule has 2 aromatic rings. The van der Waals surface area contributed by atoms with Gasteiger partial charge in [-0.05, 0) is 29.8 Å². The zero-order chi connectivity index (χ0) is 16.2. The lowest BCUT2D eigenvalue weighted by Crippen LogP contribution is -2.43. The van der Waals surface area contributed by atoms with E-state index in [4.69, 9.17) is 11.6 Å². The fourth-order valence-corrected chi connectivity index (χ4v) is 3.36. The van der Waals surface area contributed by atoms with E-state index in [9.17, 15) is 9.59 Å². The van der Waals surface area contributed by atoms with Crippen molar-refractivity contribution in [2.75, 3.05) is 22.5 Å². The summed E-state index contributed by atoms with van der Waals surface area (Å²) in [5, 5.41) is 3.48. The Hall–Kier alpha value is -1.98. The lowest BCUT2D eigenvalue weighted by Gasteiger charge is -2.29. The van der Waals surface area contributed by atoms with Crippen molar-refractivity contribution in [2.24, 2.45) is 0 Å². The van der Waals surface area contributed by atoms with Crippen LogP contribution in [-0.2, 0) is 15.3 Å². The fraction of sp³-hybridized carbons (Fsp3) is 0.176. The Morgan fingerprint density at radius 2 is 1.91 bits per heavy atom. The van der Waals surface area contributed by atoms with Crippen molar-refractivity contribution >= 4 is 46.6 Å². The first-order chi connectivity index (χ1) is 11.1. The van der Waals surface area contributed by atoms with Gasteiger partial charge in [-0.2, -0.15) is 0 Å². The van der Waals surface area contributed by atoms with Crippen LogP contribution < -0.4 is 10.2 Å². The molecule has 0 saturated carbocycles. The molecule has 0 unspecified atom stereocenters. The second-order valence-electron chi connectivity index (χ2n) is 5.16. The predicted octanol–water partition coefficient (Wildman–Crippen LogP) is 3.56. The number of amides is 2. The molecule has 0 bridgehead atoms. The third-order valence-corrected chi connectivity index (χ3v) is 4.72. The number of anilines is 2. The SMILES string of the molecule is O=C1CN(C(=O)CSCc2ccc(Cl)cc2)c2ccccc2N1. The number of carbonyl (C=O) groups is 2. The number of halogens is 1. The quantitative estimate of drug-likeness (QED) is 0.920. The molecule has 6 heteroatoms. The van der Waals surface area contributed by atoms with Crippen molar-refractivity contribution in [2.45, 2.75) is 5.75 Å². The minimum Gasteiger partial charge on any atom is -0.323 e. The molecule has 0 radical (unpaired) electrons. The van der Waals surface area contributed by atoms with E-state index in [1.54, 1.807) is 11.0 Å². The second kappa shape index (κ2) is 7.06. The molecule has 1 aliphatic heterocycles. The zero-order valence-corrected chi connectivity index (χ0v) is 13.9. The monoisotopic (exact) mass is 346 g/mol. The summed E-state index contributed by atoms with van der Waals surface area (Å²) in [6.07, 6.45) is 0. The number of thioether (sulfide) groups is 1. The lowest BCUT2D eigenvalue weighted by atomic mass is 10.2. The summed E-state index contributed by atoms with van der Waals surface area (Å²) in [5.41, 5.74) is 2.55. The third-order valence-electron chi connectivity index (χ3n) is 3.48. The molecular formula is C17H15ClN2O2S. The standard InChI is InChI=1S/C17H15ClN2O2S/c18-13-7-5-12(6-8-13)10-23-11-17(22)20-9-16(21)19-14-3-1-2-4-15(14)20/h1-8H,9-11H2,(H,19,21). The van der Waals surface area contributed by atoms with Crippen molar-refractivity contribution < 1.29 is 9.59 Å². The first-order valence-electron chi connectivity index (χ1n) is 7.15. The van der Waals surface area contributed by atoms with Gasteiger partial charge in [0.05, 0.1) is 17.1 Å². The summed E-state index contributed by atoms with van der Waals surface area (Å²) in [6.45, 7) is 0.0668. The van der Waals surface area contributed by atoms with Gasteiger partial charge in [0.25, 0.3) is 0 Å². The van der Waals surface area contributed by atoms with Crippen LogP contribution in [0.3, 0.4) is 0 Å². The highest BCUT2D eigenvalue weighted by Crippen LogP contribution is 2.29. The van der Waals surface area contributed by atoms with Crippen LogP contribution in [-0.4, -0.2) is 24.1 Å². The van der Waals surface area contributed by atoms with Crippen LogP contribution in [0.25, 0.3) is 0 Å². The highest BCUT2D eigenvalue weighted by Gasteiger charge is 2.26. The maximum atomic E-state index is 12.5. The number of nitrogens with zero attached hydrogens (tertiary/aromatic N) is 1. The molecule has 1 aliphatic rings. The van der Waals surface area contributed by atoms with E-state index in [2.05, 4.69) is 5.32 Å². The number of benzene rings is 2. The zero-order valence-electron chi connectivity index (χ0n) is 12.3. The molecule has 0 aromatic heterocycles. The average Bonchev–Trinajstić information content (AvgIpc) is 2.55. The van der Waals surface area contributed by atoms with Gasteiger partial charge in [0.15, 0.2) is 0 Å². The van der Waals surface area contributed by atoms with Gasteiger partial charge in [-0.25, -0.2) is 0 Å². The molecule has 0 atom stereocenters. The number of fused-ring (bicyclic) bond motifs is 1. The normalized spacial score (nSPS) is 13.4. The molecule has 118 valence electrons. The Labute approximate surface area is 143 Å². The average molecular weight is 347 g/mol. The maximum Gasteiger partial charge on any atom is 0.244 e. The van der Waals surface area contributed by atoms with Crippen molar-refractivity contribution in [3.63, 3.8) is 0 Å². The van der Waals surface area contributed by atoms with E-state index in [-0.39, 0.29) is 18.4 Å². The maximum absolute atomic E-state index is 12.5. The van der Waals surface area contributed by atoms with Crippen molar-refractivity contribution in [3.8, 4) is 0 Å². The van der Waals surface area contributed by atoms with Crippen LogP contribution in [0.4, 0.5) is 11.4 Å². The minimum atomic E-state index is -0.167. The molecule has 2 amide bonds. The summed E-state index contributed by atoms with van der Waals surface area (Å²) in [7, 11) is 0. The molecule has 23 heavy (non-hydrogen) atoms. The van der Waals surface area contributed by atoms with Crippen LogP contribution in [0.5, 0.6) is 0 Å². The van der Waals surface area contributed by atoms with Crippen LogP contribution in [0.1, 0.15) is 5.56 Å². The molecule has 0 spiro atoms. The van der Waals surface area contributed by atoms with Crippen LogP contribution in [0, 0.1) is 0 Å². The molecule has 0 aliphatic carbocycles. The largest absolute Gasteiger partial charge is 0.323 e. The summed E-state index contributed by atoms with van der Waals surface area (Å²) in [4.78, 5) is 25.7. The number of rotatable bonds is 4. The van der Waals surface area contributed by atoms with Gasteiger partial charge in [0.2, 0.25) is 11.8 Å². The van der Waals surface area contributed by atoms with E-state index in [0.29, 0.717) is 16.5 Å². The van der Waals surface area contributed by atoms with E-state index in [0.717, 1.165) is 17.0 Å². The van der Waals surface area contributed by atoms with Gasteiger partial charge in [0, 0.05) is 10.8 Å². The van der Waals surface area contributed by atoms with Crippen molar-refractivity contribution in [3.05, 3.63) is 59.1 Å². The van der Waals surface area contributed by atoms with Gasteiger partial charge < -0.3 is 10.2 Å². The topological polar surface area (TPSA) is 49.4 Å². The van der Waals surface area contributed by atoms with E-state index < -0.39 is 0 Å². The molecule has 4 nitrogen and oxygen atoms in total. The molecule has 2 aromatic carbocycles. The number of para-hydroxylation sites is 2. The Morgan fingerprint density at radius 1 is 1.17 bits per heavy atom. The van der Waals surface area contributed by atoms with E-state index in [1.165, 1.54) is 11.8 Å². The third kappa shape index (κ3) is 3.86. The van der Waals surface area contributed by atoms with Crippen LogP contribution in [0.15, 0.2) is 48.5 Å². The lowest BCUT2D eigenvalue weighted by molar-refractivity contribution is -0.120. The second-order valence-corrected chi connectivity index (χ2v) is 6.59.